The second kappa shape index (κ2) is 7.78. The lowest BCUT2D eigenvalue weighted by atomic mass is 9.98. The van der Waals surface area contributed by atoms with E-state index in [9.17, 15) is 9.59 Å². The number of amides is 1. The van der Waals surface area contributed by atoms with Crippen molar-refractivity contribution in [1.82, 2.24) is 10.5 Å². The van der Waals surface area contributed by atoms with Crippen molar-refractivity contribution in [2.45, 2.75) is 39.2 Å². The van der Waals surface area contributed by atoms with Crippen LogP contribution in [0.5, 0.6) is 0 Å². The maximum Gasteiger partial charge on any atom is 0.328 e. The second-order valence-corrected chi connectivity index (χ2v) is 4.83. The third-order valence-electron chi connectivity index (χ3n) is 3.33. The molecule has 1 aromatic rings. The molecule has 1 N–H and O–H groups in total. The lowest BCUT2D eigenvalue weighted by molar-refractivity contribution is -0.145. The summed E-state index contributed by atoms with van der Waals surface area (Å²) in [6, 6.07) is -0.731. The molecule has 0 aromatic carbocycles. The third kappa shape index (κ3) is 4.29. The Morgan fingerprint density at radius 2 is 2.00 bits per heavy atom. The summed E-state index contributed by atoms with van der Waals surface area (Å²) in [5.74, 6) is -0.644. The van der Waals surface area contributed by atoms with Gasteiger partial charge in [-0.3, -0.25) is 4.79 Å². The van der Waals surface area contributed by atoms with E-state index in [1.165, 1.54) is 14.2 Å². The van der Waals surface area contributed by atoms with E-state index >= 15 is 0 Å². The van der Waals surface area contributed by atoms with E-state index in [-0.39, 0.29) is 5.91 Å². The van der Waals surface area contributed by atoms with Crippen LogP contribution in [-0.4, -0.2) is 43.9 Å². The van der Waals surface area contributed by atoms with Crippen molar-refractivity contribution in [3.63, 3.8) is 0 Å². The number of ether oxygens (including phenoxy) is 2. The van der Waals surface area contributed by atoms with Crippen LogP contribution in [-0.2, 0) is 19.1 Å². The molecular formula is C14H22N2O5. The van der Waals surface area contributed by atoms with Crippen molar-refractivity contribution in [2.75, 3.05) is 20.8 Å². The zero-order valence-corrected chi connectivity index (χ0v) is 13.1. The van der Waals surface area contributed by atoms with E-state index in [0.29, 0.717) is 24.5 Å². The van der Waals surface area contributed by atoms with Gasteiger partial charge in [-0.25, -0.2) is 4.79 Å². The molecule has 0 aliphatic rings. The molecule has 0 bridgehead atoms. The molecule has 0 aliphatic carbocycles. The van der Waals surface area contributed by atoms with Gasteiger partial charge in [0.05, 0.1) is 18.7 Å². The molecule has 118 valence electrons. The second-order valence-electron chi connectivity index (χ2n) is 4.83. The van der Waals surface area contributed by atoms with Gasteiger partial charge in [-0.05, 0) is 20.8 Å². The maximum atomic E-state index is 12.3. The quantitative estimate of drug-likeness (QED) is 0.758. The zero-order valence-electron chi connectivity index (χ0n) is 13.1. The molecule has 0 saturated heterocycles. The van der Waals surface area contributed by atoms with Gasteiger partial charge in [0, 0.05) is 25.7 Å². The Labute approximate surface area is 124 Å². The minimum Gasteiger partial charge on any atom is -0.467 e. The van der Waals surface area contributed by atoms with E-state index in [1.54, 1.807) is 20.8 Å². The number of nitrogens with zero attached hydrogens (tertiary/aromatic N) is 1. The van der Waals surface area contributed by atoms with Crippen LogP contribution in [0.3, 0.4) is 0 Å². The van der Waals surface area contributed by atoms with Crippen molar-refractivity contribution in [1.29, 1.82) is 0 Å². The molecule has 1 rings (SSSR count). The SMILES string of the molecule is COCC[C@@H](NC(=O)[C@@H](C)c1c(C)noc1C)C(=O)OC. The first-order chi connectivity index (χ1) is 9.92. The van der Waals surface area contributed by atoms with Crippen LogP contribution >= 0.6 is 0 Å². The van der Waals surface area contributed by atoms with Crippen LogP contribution in [0, 0.1) is 13.8 Å². The van der Waals surface area contributed by atoms with E-state index in [1.807, 2.05) is 0 Å². The number of aromatic nitrogens is 1. The molecule has 1 heterocycles. The standard InChI is InChI=1S/C14H22N2O5/c1-8(12-9(2)16-21-10(12)3)13(17)15-11(6-7-19-4)14(18)20-5/h8,11H,6-7H2,1-5H3,(H,15,17)/t8-,11+/m0/s1. The Kier molecular flexibility index (Phi) is 6.36. The van der Waals surface area contributed by atoms with Gasteiger partial charge < -0.3 is 19.3 Å². The minimum atomic E-state index is -0.731. The van der Waals surface area contributed by atoms with Gasteiger partial charge in [-0.2, -0.15) is 0 Å². The fraction of sp³-hybridized carbons (Fsp3) is 0.643. The van der Waals surface area contributed by atoms with Crippen LogP contribution in [0.4, 0.5) is 0 Å². The summed E-state index contributed by atoms with van der Waals surface area (Å²) in [5.41, 5.74) is 1.41. The number of esters is 1. The topological polar surface area (TPSA) is 90.7 Å². The molecule has 0 fully saturated rings. The fourth-order valence-electron chi connectivity index (χ4n) is 2.16. The smallest absolute Gasteiger partial charge is 0.328 e. The molecule has 7 nitrogen and oxygen atoms in total. The number of hydrogen-bond acceptors (Lipinski definition) is 6. The van der Waals surface area contributed by atoms with Gasteiger partial charge in [-0.1, -0.05) is 5.16 Å². The number of rotatable bonds is 7. The summed E-state index contributed by atoms with van der Waals surface area (Å²) in [6.45, 7) is 5.62. The monoisotopic (exact) mass is 298 g/mol. The van der Waals surface area contributed by atoms with E-state index < -0.39 is 17.9 Å². The van der Waals surface area contributed by atoms with Gasteiger partial charge in [0.2, 0.25) is 5.91 Å². The Bertz CT molecular complexity index is 478. The highest BCUT2D eigenvalue weighted by atomic mass is 16.5. The molecule has 0 unspecified atom stereocenters. The predicted octanol–water partition coefficient (Wildman–Crippen LogP) is 1.09. The first-order valence-corrected chi connectivity index (χ1v) is 6.72. The van der Waals surface area contributed by atoms with E-state index in [4.69, 9.17) is 9.26 Å². The number of carbonyl (C=O) groups is 2. The van der Waals surface area contributed by atoms with Gasteiger partial charge in [0.15, 0.2) is 0 Å². The summed E-state index contributed by atoms with van der Waals surface area (Å²) >= 11 is 0. The summed E-state index contributed by atoms with van der Waals surface area (Å²) in [6.07, 6.45) is 0.350. The molecule has 0 saturated carbocycles. The van der Waals surface area contributed by atoms with Crippen molar-refractivity contribution in [3.8, 4) is 0 Å². The molecule has 0 spiro atoms. The van der Waals surface area contributed by atoms with Crippen LogP contribution in [0.1, 0.15) is 36.3 Å². The average Bonchev–Trinajstić information content (AvgIpc) is 2.80. The Morgan fingerprint density at radius 3 is 2.48 bits per heavy atom. The normalized spacial score (nSPS) is 13.6. The molecule has 0 radical (unpaired) electrons. The van der Waals surface area contributed by atoms with E-state index in [0.717, 1.165) is 5.56 Å². The van der Waals surface area contributed by atoms with Gasteiger partial charge in [0.1, 0.15) is 11.8 Å². The predicted molar refractivity (Wildman–Crippen MR) is 74.8 cm³/mol. The molecular weight excluding hydrogens is 276 g/mol. The third-order valence-corrected chi connectivity index (χ3v) is 3.33. The van der Waals surface area contributed by atoms with Crippen LogP contribution < -0.4 is 5.32 Å². The first kappa shape index (κ1) is 17.2. The summed E-state index contributed by atoms with van der Waals surface area (Å²) in [5, 5.41) is 6.52. The van der Waals surface area contributed by atoms with Gasteiger partial charge in [-0.15, -0.1) is 0 Å². The van der Waals surface area contributed by atoms with Crippen LogP contribution in [0.25, 0.3) is 0 Å². The number of aryl methyl sites for hydroxylation is 2. The highest BCUT2D eigenvalue weighted by Gasteiger charge is 2.27. The van der Waals surface area contributed by atoms with Crippen LogP contribution in [0.2, 0.25) is 0 Å². The Balaban J connectivity index is 2.79. The van der Waals surface area contributed by atoms with E-state index in [2.05, 4.69) is 15.2 Å². The molecule has 1 amide bonds. The largest absolute Gasteiger partial charge is 0.467 e. The van der Waals surface area contributed by atoms with Crippen molar-refractivity contribution < 1.29 is 23.6 Å². The van der Waals surface area contributed by atoms with Crippen molar-refractivity contribution >= 4 is 11.9 Å². The maximum absolute atomic E-state index is 12.3. The highest BCUT2D eigenvalue weighted by Crippen LogP contribution is 2.23. The number of hydrogen-bond donors (Lipinski definition) is 1. The molecule has 1 aromatic heterocycles. The lowest BCUT2D eigenvalue weighted by Crippen LogP contribution is -2.44. The van der Waals surface area contributed by atoms with Gasteiger partial charge >= 0.3 is 5.97 Å². The average molecular weight is 298 g/mol. The van der Waals surface area contributed by atoms with Crippen LogP contribution in [0.15, 0.2) is 4.52 Å². The Hall–Kier alpha value is -1.89. The minimum absolute atomic E-state index is 0.282. The highest BCUT2D eigenvalue weighted by molar-refractivity contribution is 5.88. The molecule has 7 heteroatoms. The summed E-state index contributed by atoms with van der Waals surface area (Å²) in [4.78, 5) is 24.0. The number of carbonyl (C=O) groups excluding carboxylic acids is 2. The number of nitrogens with one attached hydrogen (secondary N) is 1. The van der Waals surface area contributed by atoms with Crippen molar-refractivity contribution in [2.24, 2.45) is 0 Å². The van der Waals surface area contributed by atoms with Crippen molar-refractivity contribution in [3.05, 3.63) is 17.0 Å². The fourth-order valence-corrected chi connectivity index (χ4v) is 2.16. The zero-order chi connectivity index (χ0) is 16.0. The first-order valence-electron chi connectivity index (χ1n) is 6.72. The molecule has 0 aliphatic heterocycles. The number of methoxy groups -OCH3 is 2. The summed E-state index contributed by atoms with van der Waals surface area (Å²) < 4.78 is 14.7. The molecule has 2 atom stereocenters. The lowest BCUT2D eigenvalue weighted by Gasteiger charge is -2.19. The molecule has 21 heavy (non-hydrogen) atoms. The summed E-state index contributed by atoms with van der Waals surface area (Å²) in [7, 11) is 2.81. The van der Waals surface area contributed by atoms with Gasteiger partial charge in [0.25, 0.3) is 0 Å². The Morgan fingerprint density at radius 1 is 1.33 bits per heavy atom.